The molecule has 10 atom stereocenters. The van der Waals surface area contributed by atoms with Crippen molar-refractivity contribution in [2.45, 2.75) is 153 Å². The van der Waals surface area contributed by atoms with E-state index >= 15 is 0 Å². The van der Waals surface area contributed by atoms with Gasteiger partial charge in [-0.25, -0.2) is 4.79 Å². The molecule has 11 nitrogen and oxygen atoms in total. The third-order valence-electron chi connectivity index (χ3n) is 11.4. The molecular weight excluding hydrogens is 640 g/mol. The molecular formula is C39H64N2O9. The van der Waals surface area contributed by atoms with Crippen molar-refractivity contribution in [2.24, 2.45) is 11.8 Å². The number of allylic oxidation sites excluding steroid dienone is 2. The Morgan fingerprint density at radius 3 is 2.50 bits per heavy atom. The number of rotatable bonds is 11. The van der Waals surface area contributed by atoms with Gasteiger partial charge >= 0.3 is 12.1 Å². The molecule has 0 aromatic rings. The van der Waals surface area contributed by atoms with Gasteiger partial charge in [0.15, 0.2) is 6.10 Å². The minimum Gasteiger partial charge on any atom is -0.457 e. The maximum atomic E-state index is 13.5. The van der Waals surface area contributed by atoms with E-state index < -0.39 is 41.6 Å². The second kappa shape index (κ2) is 18.0. The average Bonchev–Trinajstić information content (AvgIpc) is 3.60. The van der Waals surface area contributed by atoms with Crippen LogP contribution in [0.5, 0.6) is 0 Å². The average molecular weight is 705 g/mol. The summed E-state index contributed by atoms with van der Waals surface area (Å²) >= 11 is 0. The first-order valence-electron chi connectivity index (χ1n) is 18.9. The summed E-state index contributed by atoms with van der Waals surface area (Å²) in [6, 6.07) is 0.514. The number of epoxide rings is 1. The van der Waals surface area contributed by atoms with Crippen LogP contribution in [-0.2, 0) is 23.7 Å². The normalized spacial score (nSPS) is 35.4. The standard InChI is InChI=1S/C39H64N2O9/c1-8-31(43)28(4)36-32(48-36)25-38(5,46)18-11-12-26(2)35-27(3)13-14-33(39(6,47-7)19-15-30(42)24-34(44)50-35)49-37(45)41-22-16-29(17-23-41)40-20-9-10-21-40/h11-14,18,27-33,35-36,42-43,46H,8-10,15-17,19-25H2,1-7H3/b14-13-,18-11+,26-12+. The highest BCUT2D eigenvalue weighted by Crippen LogP contribution is 2.38. The minimum atomic E-state index is -1.14. The highest BCUT2D eigenvalue weighted by Gasteiger charge is 2.47. The van der Waals surface area contributed by atoms with Gasteiger partial charge in [0, 0.05) is 44.5 Å². The van der Waals surface area contributed by atoms with Crippen LogP contribution < -0.4 is 0 Å². The third kappa shape index (κ3) is 11.1. The number of aliphatic hydroxyl groups excluding tert-OH is 2. The Morgan fingerprint density at radius 2 is 1.86 bits per heavy atom. The van der Waals surface area contributed by atoms with Crippen LogP contribution in [0.15, 0.2) is 36.0 Å². The fraction of sp³-hybridized carbons (Fsp3) is 0.795. The molecule has 3 N–H and O–H groups in total. The van der Waals surface area contributed by atoms with Gasteiger partial charge in [-0.1, -0.05) is 45.1 Å². The van der Waals surface area contributed by atoms with Crippen LogP contribution in [0.4, 0.5) is 4.79 Å². The molecule has 4 aliphatic heterocycles. The molecule has 0 radical (unpaired) electrons. The summed E-state index contributed by atoms with van der Waals surface area (Å²) in [4.78, 5) is 30.8. The number of carbonyl (C=O) groups is 2. The molecule has 4 rings (SSSR count). The van der Waals surface area contributed by atoms with E-state index in [4.69, 9.17) is 18.9 Å². The summed E-state index contributed by atoms with van der Waals surface area (Å²) in [6.07, 6.45) is 11.5. The zero-order valence-corrected chi connectivity index (χ0v) is 31.5. The van der Waals surface area contributed by atoms with Crippen LogP contribution in [0.25, 0.3) is 0 Å². The predicted octanol–water partition coefficient (Wildman–Crippen LogP) is 4.92. The summed E-state index contributed by atoms with van der Waals surface area (Å²) in [5, 5.41) is 32.0. The van der Waals surface area contributed by atoms with Crippen LogP contribution in [0, 0.1) is 11.8 Å². The quantitative estimate of drug-likeness (QED) is 0.117. The smallest absolute Gasteiger partial charge is 0.410 e. The van der Waals surface area contributed by atoms with Gasteiger partial charge < -0.3 is 44.1 Å². The van der Waals surface area contributed by atoms with Crippen molar-refractivity contribution in [1.29, 1.82) is 0 Å². The van der Waals surface area contributed by atoms with E-state index in [-0.39, 0.29) is 43.0 Å². The van der Waals surface area contributed by atoms with Crippen molar-refractivity contribution in [3.05, 3.63) is 36.0 Å². The van der Waals surface area contributed by atoms with E-state index in [1.807, 2.05) is 52.8 Å². The van der Waals surface area contributed by atoms with Gasteiger partial charge in [-0.2, -0.15) is 0 Å². The molecule has 0 aliphatic carbocycles. The SMILES string of the molecule is CCC(O)C(C)C1OC1CC(C)(O)/C=C/C=C(\C)C1OC(=O)CC(O)CCC(C)(OC)C(OC(=O)N2CCC(N3CCCC3)CC2)/C=C\C1C. The molecule has 10 unspecified atom stereocenters. The van der Waals surface area contributed by atoms with Gasteiger partial charge in [0.2, 0.25) is 0 Å². The van der Waals surface area contributed by atoms with E-state index in [1.54, 1.807) is 31.1 Å². The number of esters is 1. The molecule has 0 spiro atoms. The number of nitrogens with zero attached hydrogens (tertiary/aromatic N) is 2. The number of aliphatic hydroxyl groups is 3. The number of likely N-dealkylation sites (tertiary alicyclic amines) is 2. The van der Waals surface area contributed by atoms with E-state index in [1.165, 1.54) is 12.8 Å². The first kappa shape index (κ1) is 40.5. The molecule has 50 heavy (non-hydrogen) atoms. The van der Waals surface area contributed by atoms with Gasteiger partial charge in [0.05, 0.1) is 36.4 Å². The van der Waals surface area contributed by atoms with E-state index in [0.717, 1.165) is 31.5 Å². The van der Waals surface area contributed by atoms with E-state index in [9.17, 15) is 24.9 Å². The van der Waals surface area contributed by atoms with Gasteiger partial charge in [-0.15, -0.1) is 0 Å². The van der Waals surface area contributed by atoms with Crippen LogP contribution in [0.1, 0.15) is 99.3 Å². The molecule has 1 amide bonds. The van der Waals surface area contributed by atoms with Crippen molar-refractivity contribution in [2.75, 3.05) is 33.3 Å². The molecule has 0 bridgehead atoms. The molecule has 3 fully saturated rings. The fourth-order valence-corrected chi connectivity index (χ4v) is 7.71. The second-order valence-electron chi connectivity index (χ2n) is 15.6. The Labute approximate surface area is 299 Å². The summed E-state index contributed by atoms with van der Waals surface area (Å²) in [5.41, 5.74) is -1.33. The van der Waals surface area contributed by atoms with Gasteiger partial charge in [-0.05, 0) is 90.5 Å². The third-order valence-corrected chi connectivity index (χ3v) is 11.4. The van der Waals surface area contributed by atoms with E-state index in [0.29, 0.717) is 38.4 Å². The molecule has 0 aromatic heterocycles. The molecule has 0 aromatic carbocycles. The highest BCUT2D eigenvalue weighted by molar-refractivity contribution is 5.70. The maximum absolute atomic E-state index is 13.5. The fourth-order valence-electron chi connectivity index (χ4n) is 7.71. The largest absolute Gasteiger partial charge is 0.457 e. The number of hydrogen-bond donors (Lipinski definition) is 3. The first-order chi connectivity index (χ1) is 23.7. The maximum Gasteiger partial charge on any atom is 0.410 e. The summed E-state index contributed by atoms with van der Waals surface area (Å²) in [5.74, 6) is -0.823. The minimum absolute atomic E-state index is 0.00204. The zero-order valence-electron chi connectivity index (χ0n) is 31.5. The number of ether oxygens (including phenoxy) is 4. The van der Waals surface area contributed by atoms with Crippen molar-refractivity contribution in [3.8, 4) is 0 Å². The number of methoxy groups -OCH3 is 1. The van der Waals surface area contributed by atoms with Crippen LogP contribution in [-0.4, -0.2) is 124 Å². The van der Waals surface area contributed by atoms with Crippen LogP contribution in [0.3, 0.4) is 0 Å². The van der Waals surface area contributed by atoms with Crippen LogP contribution >= 0.6 is 0 Å². The second-order valence-corrected chi connectivity index (χ2v) is 15.6. The molecule has 3 saturated heterocycles. The Kier molecular flexibility index (Phi) is 14.6. The summed E-state index contributed by atoms with van der Waals surface area (Å²) in [6.45, 7) is 14.9. The molecule has 4 heterocycles. The van der Waals surface area contributed by atoms with Crippen molar-refractivity contribution in [1.82, 2.24) is 9.80 Å². The van der Waals surface area contributed by atoms with Crippen molar-refractivity contribution in [3.63, 3.8) is 0 Å². The van der Waals surface area contributed by atoms with Crippen LogP contribution in [0.2, 0.25) is 0 Å². The predicted molar refractivity (Wildman–Crippen MR) is 191 cm³/mol. The lowest BCUT2D eigenvalue weighted by Crippen LogP contribution is -2.49. The number of cyclic esters (lactones) is 1. The monoisotopic (exact) mass is 704 g/mol. The van der Waals surface area contributed by atoms with Crippen molar-refractivity contribution < 1.29 is 43.9 Å². The molecule has 284 valence electrons. The summed E-state index contributed by atoms with van der Waals surface area (Å²) < 4.78 is 23.8. The lowest BCUT2D eigenvalue weighted by atomic mass is 9.88. The lowest BCUT2D eigenvalue weighted by Gasteiger charge is -2.39. The molecule has 11 heteroatoms. The zero-order chi connectivity index (χ0) is 36.6. The molecule has 4 aliphatic rings. The number of carbonyl (C=O) groups excluding carboxylic acids is 2. The number of piperidine rings is 1. The topological polar surface area (TPSA) is 142 Å². The van der Waals surface area contributed by atoms with Gasteiger partial charge in [-0.3, -0.25) is 4.79 Å². The summed E-state index contributed by atoms with van der Waals surface area (Å²) in [7, 11) is 1.58. The molecule has 0 saturated carbocycles. The van der Waals surface area contributed by atoms with Crippen molar-refractivity contribution >= 4 is 12.1 Å². The van der Waals surface area contributed by atoms with E-state index in [2.05, 4.69) is 4.90 Å². The Morgan fingerprint density at radius 1 is 1.18 bits per heavy atom. The number of hydrogen-bond acceptors (Lipinski definition) is 10. The Bertz CT molecular complexity index is 1210. The Balaban J connectivity index is 1.45. The first-order valence-corrected chi connectivity index (χ1v) is 18.9. The van der Waals surface area contributed by atoms with Gasteiger partial charge in [0.1, 0.15) is 11.7 Å². The highest BCUT2D eigenvalue weighted by atomic mass is 16.6. The number of amides is 1. The van der Waals surface area contributed by atoms with Gasteiger partial charge in [0.25, 0.3) is 0 Å². The Hall–Kier alpha value is -2.28. The lowest BCUT2D eigenvalue weighted by molar-refractivity contribution is -0.151.